The Morgan fingerprint density at radius 2 is 1.54 bits per heavy atom. The normalized spacial score (nSPS) is 32.3. The second-order valence-electron chi connectivity index (χ2n) is 7.94. The minimum atomic E-state index is 0.406. The van der Waals surface area contributed by atoms with Crippen molar-refractivity contribution in [1.29, 1.82) is 0 Å². The summed E-state index contributed by atoms with van der Waals surface area (Å²) in [6, 6.07) is 10.9. The van der Waals surface area contributed by atoms with Crippen molar-refractivity contribution in [3.05, 3.63) is 35.9 Å². The summed E-state index contributed by atoms with van der Waals surface area (Å²) >= 11 is 0. The summed E-state index contributed by atoms with van der Waals surface area (Å²) in [5.41, 5.74) is 1.45. The fourth-order valence-electron chi connectivity index (χ4n) is 4.72. The van der Waals surface area contributed by atoms with Crippen LogP contribution in [0.4, 0.5) is 0 Å². The van der Waals surface area contributed by atoms with E-state index in [1.807, 2.05) is 0 Å². The summed E-state index contributed by atoms with van der Waals surface area (Å²) in [6.07, 6.45) is 0.406. The van der Waals surface area contributed by atoms with Gasteiger partial charge in [0.05, 0.1) is 12.7 Å². The molecule has 4 rings (SSSR count). The Labute approximate surface area is 146 Å². The zero-order chi connectivity index (χ0) is 16.4. The monoisotopic (exact) mass is 329 g/mol. The van der Waals surface area contributed by atoms with E-state index < -0.39 is 0 Å². The van der Waals surface area contributed by atoms with Crippen LogP contribution >= 0.6 is 0 Å². The molecule has 3 fully saturated rings. The molecule has 3 saturated heterocycles. The Balaban J connectivity index is 1.20. The van der Waals surface area contributed by atoms with Crippen molar-refractivity contribution in [2.45, 2.75) is 19.6 Å². The maximum absolute atomic E-state index is 5.64. The number of ether oxygens (including phenoxy) is 1. The van der Waals surface area contributed by atoms with E-state index in [4.69, 9.17) is 4.74 Å². The molecule has 0 N–H and O–H groups in total. The number of morpholine rings is 1. The number of nitrogens with zero attached hydrogens (tertiary/aromatic N) is 3. The highest BCUT2D eigenvalue weighted by molar-refractivity contribution is 5.15. The van der Waals surface area contributed by atoms with E-state index in [-0.39, 0.29) is 0 Å². The minimum Gasteiger partial charge on any atom is -0.376 e. The number of benzene rings is 1. The van der Waals surface area contributed by atoms with E-state index in [9.17, 15) is 0 Å². The van der Waals surface area contributed by atoms with E-state index in [1.165, 1.54) is 44.8 Å². The summed E-state index contributed by atoms with van der Waals surface area (Å²) in [5, 5.41) is 0. The first-order valence-corrected chi connectivity index (χ1v) is 9.59. The Morgan fingerprint density at radius 3 is 2.25 bits per heavy atom. The van der Waals surface area contributed by atoms with Crippen LogP contribution in [0.3, 0.4) is 0 Å². The Bertz CT molecular complexity index is 509. The predicted molar refractivity (Wildman–Crippen MR) is 97.0 cm³/mol. The molecular formula is C20H31N3O. The van der Waals surface area contributed by atoms with Crippen LogP contribution in [0.1, 0.15) is 12.5 Å². The quantitative estimate of drug-likeness (QED) is 0.819. The molecule has 0 amide bonds. The van der Waals surface area contributed by atoms with E-state index in [0.717, 1.165) is 38.1 Å². The number of hydrogen-bond acceptors (Lipinski definition) is 4. The molecule has 1 unspecified atom stereocenters. The van der Waals surface area contributed by atoms with E-state index in [2.05, 4.69) is 52.0 Å². The molecule has 0 radical (unpaired) electrons. The average Bonchev–Trinajstić information content (AvgIpc) is 3.12. The summed E-state index contributed by atoms with van der Waals surface area (Å²) in [7, 11) is 0. The van der Waals surface area contributed by atoms with Crippen molar-refractivity contribution in [2.75, 3.05) is 59.0 Å². The summed E-state index contributed by atoms with van der Waals surface area (Å²) in [5.74, 6) is 1.77. The first kappa shape index (κ1) is 16.5. The Kier molecular flexibility index (Phi) is 5.18. The van der Waals surface area contributed by atoms with E-state index >= 15 is 0 Å². The molecule has 0 saturated carbocycles. The summed E-state index contributed by atoms with van der Waals surface area (Å²) in [6.45, 7) is 14.0. The molecule has 0 aromatic heterocycles. The Morgan fingerprint density at radius 1 is 0.875 bits per heavy atom. The van der Waals surface area contributed by atoms with Gasteiger partial charge < -0.3 is 9.64 Å². The fraction of sp³-hybridized carbons (Fsp3) is 0.700. The van der Waals surface area contributed by atoms with Crippen molar-refractivity contribution >= 4 is 0 Å². The third-order valence-electron chi connectivity index (χ3n) is 5.94. The van der Waals surface area contributed by atoms with Gasteiger partial charge in [-0.25, -0.2) is 0 Å². The molecule has 132 valence electrons. The van der Waals surface area contributed by atoms with Gasteiger partial charge in [-0.15, -0.1) is 0 Å². The van der Waals surface area contributed by atoms with Gasteiger partial charge in [-0.3, -0.25) is 9.80 Å². The smallest absolute Gasteiger partial charge is 0.0674 e. The molecule has 4 nitrogen and oxygen atoms in total. The standard InChI is InChI=1S/C20H31N3O/c1-17-11-21(9-10-24-17)7-8-22-13-19-15-23(16-20(19)14-22)12-18-5-3-2-4-6-18/h2-6,17,19-20H,7-16H2,1H3/t17?,19-,20+. The first-order valence-electron chi connectivity index (χ1n) is 9.59. The Hall–Kier alpha value is -0.940. The van der Waals surface area contributed by atoms with Crippen LogP contribution in [0.25, 0.3) is 0 Å². The fourth-order valence-corrected chi connectivity index (χ4v) is 4.72. The van der Waals surface area contributed by atoms with E-state index in [0.29, 0.717) is 6.10 Å². The maximum atomic E-state index is 5.64. The molecule has 4 heteroatoms. The van der Waals surface area contributed by atoms with Crippen LogP contribution in [0.5, 0.6) is 0 Å². The van der Waals surface area contributed by atoms with Gasteiger partial charge >= 0.3 is 0 Å². The van der Waals surface area contributed by atoms with Gasteiger partial charge in [0.2, 0.25) is 0 Å². The molecule has 3 aliphatic rings. The number of hydrogen-bond donors (Lipinski definition) is 0. The molecule has 0 bridgehead atoms. The van der Waals surface area contributed by atoms with Gasteiger partial charge in [0.25, 0.3) is 0 Å². The minimum absolute atomic E-state index is 0.406. The number of fused-ring (bicyclic) bond motifs is 1. The second-order valence-corrected chi connectivity index (χ2v) is 7.94. The van der Waals surface area contributed by atoms with Gasteiger partial charge in [0.1, 0.15) is 0 Å². The predicted octanol–water partition coefficient (Wildman–Crippen LogP) is 1.77. The van der Waals surface area contributed by atoms with Crippen LogP contribution in [0, 0.1) is 11.8 Å². The molecule has 3 heterocycles. The lowest BCUT2D eigenvalue weighted by atomic mass is 10.0. The lowest BCUT2D eigenvalue weighted by Crippen LogP contribution is -2.44. The van der Waals surface area contributed by atoms with Crippen molar-refractivity contribution in [3.8, 4) is 0 Å². The van der Waals surface area contributed by atoms with Crippen LogP contribution < -0.4 is 0 Å². The molecule has 0 spiro atoms. The molecule has 1 aromatic carbocycles. The van der Waals surface area contributed by atoms with Crippen LogP contribution in [-0.2, 0) is 11.3 Å². The van der Waals surface area contributed by atoms with Crippen LogP contribution in [0.2, 0.25) is 0 Å². The third-order valence-corrected chi connectivity index (χ3v) is 5.94. The van der Waals surface area contributed by atoms with Gasteiger partial charge in [-0.2, -0.15) is 0 Å². The van der Waals surface area contributed by atoms with Gasteiger partial charge in [-0.05, 0) is 24.3 Å². The lowest BCUT2D eigenvalue weighted by molar-refractivity contribution is -0.0203. The van der Waals surface area contributed by atoms with Crippen molar-refractivity contribution in [3.63, 3.8) is 0 Å². The second kappa shape index (κ2) is 7.52. The van der Waals surface area contributed by atoms with Crippen molar-refractivity contribution in [2.24, 2.45) is 11.8 Å². The maximum Gasteiger partial charge on any atom is 0.0674 e. The molecule has 3 atom stereocenters. The average molecular weight is 329 g/mol. The number of rotatable bonds is 5. The SMILES string of the molecule is CC1CN(CCN2C[C@@H]3CN(Cc4ccccc4)C[C@@H]3C2)CCO1. The largest absolute Gasteiger partial charge is 0.376 e. The molecule has 0 aliphatic carbocycles. The zero-order valence-corrected chi connectivity index (χ0v) is 14.9. The highest BCUT2D eigenvalue weighted by atomic mass is 16.5. The highest BCUT2D eigenvalue weighted by Crippen LogP contribution is 2.31. The molecular weight excluding hydrogens is 298 g/mol. The van der Waals surface area contributed by atoms with Gasteiger partial charge in [0.15, 0.2) is 0 Å². The van der Waals surface area contributed by atoms with Crippen molar-refractivity contribution < 1.29 is 4.74 Å². The summed E-state index contributed by atoms with van der Waals surface area (Å²) in [4.78, 5) is 7.94. The van der Waals surface area contributed by atoms with Crippen molar-refractivity contribution in [1.82, 2.24) is 14.7 Å². The summed E-state index contributed by atoms with van der Waals surface area (Å²) < 4.78 is 5.64. The lowest BCUT2D eigenvalue weighted by Gasteiger charge is -2.32. The molecule has 1 aromatic rings. The van der Waals surface area contributed by atoms with Gasteiger partial charge in [0, 0.05) is 58.9 Å². The topological polar surface area (TPSA) is 19.0 Å². The van der Waals surface area contributed by atoms with Gasteiger partial charge in [-0.1, -0.05) is 30.3 Å². The zero-order valence-electron chi connectivity index (χ0n) is 14.9. The molecule has 3 aliphatic heterocycles. The third kappa shape index (κ3) is 3.99. The first-order chi connectivity index (χ1) is 11.8. The number of likely N-dealkylation sites (tertiary alicyclic amines) is 2. The van der Waals surface area contributed by atoms with Crippen LogP contribution in [-0.4, -0.2) is 79.8 Å². The molecule has 24 heavy (non-hydrogen) atoms. The highest BCUT2D eigenvalue weighted by Gasteiger charge is 2.39. The van der Waals surface area contributed by atoms with E-state index in [1.54, 1.807) is 0 Å². The van der Waals surface area contributed by atoms with Crippen LogP contribution in [0.15, 0.2) is 30.3 Å².